The Kier molecular flexibility index (Phi) is 6.44. The van der Waals surface area contributed by atoms with Gasteiger partial charge in [0.1, 0.15) is 5.00 Å². The summed E-state index contributed by atoms with van der Waals surface area (Å²) < 4.78 is 0. The van der Waals surface area contributed by atoms with E-state index in [0.717, 1.165) is 21.6 Å². The first-order valence-corrected chi connectivity index (χ1v) is 9.95. The van der Waals surface area contributed by atoms with Crippen molar-refractivity contribution in [1.82, 2.24) is 10.3 Å². The van der Waals surface area contributed by atoms with Crippen molar-refractivity contribution < 1.29 is 9.59 Å². The zero-order valence-electron chi connectivity index (χ0n) is 15.6. The summed E-state index contributed by atoms with van der Waals surface area (Å²) in [5.74, 6) is -0.391. The lowest BCUT2D eigenvalue weighted by molar-refractivity contribution is -0.115. The Bertz CT molecular complexity index is 985. The van der Waals surface area contributed by atoms with E-state index in [4.69, 9.17) is 11.6 Å². The monoisotopic (exact) mass is 413 g/mol. The van der Waals surface area contributed by atoms with Gasteiger partial charge in [0.15, 0.2) is 0 Å². The average molecular weight is 414 g/mol. The summed E-state index contributed by atoms with van der Waals surface area (Å²) >= 11 is 7.29. The number of pyridine rings is 1. The molecule has 7 heteroatoms. The van der Waals surface area contributed by atoms with Crippen molar-refractivity contribution >= 4 is 39.8 Å². The topological polar surface area (TPSA) is 71.1 Å². The second kappa shape index (κ2) is 8.99. The number of carbonyl (C=O) groups is 2. The number of benzene rings is 1. The van der Waals surface area contributed by atoms with E-state index < -0.39 is 0 Å². The Balaban J connectivity index is 1.71. The number of halogens is 1. The van der Waals surface area contributed by atoms with E-state index in [1.807, 2.05) is 38.1 Å². The molecule has 0 aliphatic carbocycles. The molecule has 3 aromatic rings. The summed E-state index contributed by atoms with van der Waals surface area (Å²) in [4.78, 5) is 30.3. The molecule has 0 bridgehead atoms. The maximum absolute atomic E-state index is 12.8. The molecule has 5 nitrogen and oxygen atoms in total. The van der Waals surface area contributed by atoms with Crippen LogP contribution in [0.1, 0.15) is 31.9 Å². The third-order valence-corrected chi connectivity index (χ3v) is 5.69. The number of nitrogens with zero attached hydrogens (tertiary/aromatic N) is 1. The number of thiophene rings is 1. The van der Waals surface area contributed by atoms with E-state index in [1.165, 1.54) is 11.3 Å². The molecule has 2 heterocycles. The lowest BCUT2D eigenvalue weighted by atomic mass is 10.1. The third kappa shape index (κ3) is 4.97. The lowest BCUT2D eigenvalue weighted by Crippen LogP contribution is -2.25. The molecule has 28 heavy (non-hydrogen) atoms. The standard InChI is InChI=1S/C21H20ClN3O2S/c1-13-14(2)28-21(25-18(26)10-15-5-7-17(22)8-6-15)19(13)20(27)24-12-16-4-3-9-23-11-16/h3-9,11H,10,12H2,1-2H3,(H,24,27)(H,25,26). The first kappa shape index (κ1) is 20.0. The van der Waals surface area contributed by atoms with Crippen LogP contribution in [-0.2, 0) is 17.8 Å². The number of anilines is 1. The Morgan fingerprint density at radius 2 is 1.86 bits per heavy atom. The Hall–Kier alpha value is -2.70. The second-order valence-electron chi connectivity index (χ2n) is 6.38. The van der Waals surface area contributed by atoms with Crippen molar-refractivity contribution in [2.45, 2.75) is 26.8 Å². The van der Waals surface area contributed by atoms with Gasteiger partial charge in [-0.2, -0.15) is 0 Å². The fraction of sp³-hybridized carbons (Fsp3) is 0.190. The number of amides is 2. The summed E-state index contributed by atoms with van der Waals surface area (Å²) in [6.45, 7) is 4.20. The maximum atomic E-state index is 12.8. The number of aryl methyl sites for hydroxylation is 1. The Labute approximate surface area is 172 Å². The molecule has 0 fully saturated rings. The average Bonchev–Trinajstić information content (AvgIpc) is 2.96. The van der Waals surface area contributed by atoms with E-state index in [9.17, 15) is 9.59 Å². The van der Waals surface area contributed by atoms with Gasteiger partial charge in [-0.25, -0.2) is 0 Å². The highest BCUT2D eigenvalue weighted by molar-refractivity contribution is 7.16. The summed E-state index contributed by atoms with van der Waals surface area (Å²) in [5, 5.41) is 6.98. The molecule has 144 valence electrons. The number of carbonyl (C=O) groups excluding carboxylic acids is 2. The van der Waals surface area contributed by atoms with Crippen molar-refractivity contribution in [1.29, 1.82) is 0 Å². The van der Waals surface area contributed by atoms with Gasteiger partial charge in [-0.1, -0.05) is 29.8 Å². The summed E-state index contributed by atoms with van der Waals surface area (Å²) in [5.41, 5.74) is 3.15. The van der Waals surface area contributed by atoms with Crippen molar-refractivity contribution in [2.75, 3.05) is 5.32 Å². The zero-order valence-corrected chi connectivity index (χ0v) is 17.2. The van der Waals surface area contributed by atoms with E-state index in [2.05, 4.69) is 15.6 Å². The van der Waals surface area contributed by atoms with Crippen molar-refractivity contribution in [2.24, 2.45) is 0 Å². The van der Waals surface area contributed by atoms with Gasteiger partial charge in [-0.05, 0) is 48.7 Å². The Morgan fingerprint density at radius 1 is 1.11 bits per heavy atom. The second-order valence-corrected chi connectivity index (χ2v) is 8.04. The molecule has 0 radical (unpaired) electrons. The van der Waals surface area contributed by atoms with Crippen LogP contribution in [0.15, 0.2) is 48.8 Å². The van der Waals surface area contributed by atoms with Crippen LogP contribution in [0, 0.1) is 13.8 Å². The quantitative estimate of drug-likeness (QED) is 0.623. The minimum absolute atomic E-state index is 0.176. The first-order chi connectivity index (χ1) is 13.4. The number of hydrogen-bond acceptors (Lipinski definition) is 4. The van der Waals surface area contributed by atoms with Crippen LogP contribution in [0.5, 0.6) is 0 Å². The number of nitrogens with one attached hydrogen (secondary N) is 2. The highest BCUT2D eigenvalue weighted by atomic mass is 35.5. The molecule has 0 saturated carbocycles. The number of aromatic nitrogens is 1. The van der Waals surface area contributed by atoms with Crippen LogP contribution in [-0.4, -0.2) is 16.8 Å². The fourth-order valence-electron chi connectivity index (χ4n) is 2.72. The first-order valence-electron chi connectivity index (χ1n) is 8.75. The van der Waals surface area contributed by atoms with E-state index >= 15 is 0 Å². The van der Waals surface area contributed by atoms with Crippen LogP contribution in [0.25, 0.3) is 0 Å². The van der Waals surface area contributed by atoms with E-state index in [0.29, 0.717) is 22.1 Å². The third-order valence-electron chi connectivity index (χ3n) is 4.32. The summed E-state index contributed by atoms with van der Waals surface area (Å²) in [6, 6.07) is 10.8. The van der Waals surface area contributed by atoms with Gasteiger partial charge in [0.2, 0.25) is 5.91 Å². The molecular formula is C21H20ClN3O2S. The molecule has 0 saturated heterocycles. The van der Waals surface area contributed by atoms with Gasteiger partial charge in [0.25, 0.3) is 5.91 Å². The van der Waals surface area contributed by atoms with E-state index in [-0.39, 0.29) is 18.2 Å². The maximum Gasteiger partial charge on any atom is 0.254 e. The molecule has 1 aromatic carbocycles. The molecule has 2 aromatic heterocycles. The van der Waals surface area contributed by atoms with Crippen LogP contribution in [0.4, 0.5) is 5.00 Å². The molecule has 3 rings (SSSR count). The van der Waals surface area contributed by atoms with Crippen LogP contribution >= 0.6 is 22.9 Å². The number of rotatable bonds is 6. The van der Waals surface area contributed by atoms with Crippen molar-refractivity contribution in [3.63, 3.8) is 0 Å². The molecule has 0 unspecified atom stereocenters. The largest absolute Gasteiger partial charge is 0.348 e. The van der Waals surface area contributed by atoms with Crippen molar-refractivity contribution in [3.8, 4) is 0 Å². The van der Waals surface area contributed by atoms with Gasteiger partial charge in [-0.3, -0.25) is 14.6 Å². The normalized spacial score (nSPS) is 10.5. The highest BCUT2D eigenvalue weighted by Crippen LogP contribution is 2.32. The minimum atomic E-state index is -0.215. The van der Waals surface area contributed by atoms with Gasteiger partial charge in [0.05, 0.1) is 12.0 Å². The molecule has 0 atom stereocenters. The molecule has 0 aliphatic rings. The fourth-order valence-corrected chi connectivity index (χ4v) is 3.92. The molecule has 2 amide bonds. The SMILES string of the molecule is Cc1sc(NC(=O)Cc2ccc(Cl)cc2)c(C(=O)NCc2cccnc2)c1C. The Morgan fingerprint density at radius 3 is 2.54 bits per heavy atom. The molecule has 2 N–H and O–H groups in total. The smallest absolute Gasteiger partial charge is 0.254 e. The minimum Gasteiger partial charge on any atom is -0.348 e. The van der Waals surface area contributed by atoms with E-state index in [1.54, 1.807) is 24.5 Å². The van der Waals surface area contributed by atoms with Crippen molar-refractivity contribution in [3.05, 3.63) is 80.9 Å². The molecule has 0 spiro atoms. The van der Waals surface area contributed by atoms with Crippen LogP contribution < -0.4 is 10.6 Å². The molecular weight excluding hydrogens is 394 g/mol. The lowest BCUT2D eigenvalue weighted by Gasteiger charge is -2.09. The summed E-state index contributed by atoms with van der Waals surface area (Å²) in [7, 11) is 0. The van der Waals surface area contributed by atoms with Crippen LogP contribution in [0.2, 0.25) is 5.02 Å². The predicted molar refractivity (Wildman–Crippen MR) is 113 cm³/mol. The predicted octanol–water partition coefficient (Wildman–Crippen LogP) is 4.52. The van der Waals surface area contributed by atoms with Gasteiger partial charge in [0, 0.05) is 28.8 Å². The van der Waals surface area contributed by atoms with Gasteiger partial charge >= 0.3 is 0 Å². The number of hydrogen-bond donors (Lipinski definition) is 2. The summed E-state index contributed by atoms with van der Waals surface area (Å²) in [6.07, 6.45) is 3.61. The molecule has 0 aliphatic heterocycles. The van der Waals surface area contributed by atoms with Gasteiger partial charge in [-0.15, -0.1) is 11.3 Å². The zero-order chi connectivity index (χ0) is 20.1. The van der Waals surface area contributed by atoms with Crippen LogP contribution in [0.3, 0.4) is 0 Å². The highest BCUT2D eigenvalue weighted by Gasteiger charge is 2.21. The van der Waals surface area contributed by atoms with Gasteiger partial charge < -0.3 is 10.6 Å².